The van der Waals surface area contributed by atoms with Crippen molar-refractivity contribution < 1.29 is 9.05 Å². The molecule has 0 bridgehead atoms. The Morgan fingerprint density at radius 2 is 2.17 bits per heavy atom. The first-order chi connectivity index (χ1) is 11.3. The highest BCUT2D eigenvalue weighted by molar-refractivity contribution is 5.04. The summed E-state index contributed by atoms with van der Waals surface area (Å²) in [5, 5.41) is 11.7. The molecule has 3 heterocycles. The molecule has 23 heavy (non-hydrogen) atoms. The van der Waals surface area contributed by atoms with Gasteiger partial charge in [0.2, 0.25) is 5.89 Å². The van der Waals surface area contributed by atoms with E-state index in [0.29, 0.717) is 12.0 Å². The summed E-state index contributed by atoms with van der Waals surface area (Å²) in [7, 11) is 0. The zero-order valence-corrected chi connectivity index (χ0v) is 13.5. The van der Waals surface area contributed by atoms with Gasteiger partial charge in [-0.3, -0.25) is 4.90 Å². The second-order valence-corrected chi connectivity index (χ2v) is 6.71. The van der Waals surface area contributed by atoms with Crippen LogP contribution in [0.4, 0.5) is 0 Å². The summed E-state index contributed by atoms with van der Waals surface area (Å²) in [4.78, 5) is 6.93. The Morgan fingerprint density at radius 1 is 1.26 bits per heavy atom. The molecule has 0 spiro atoms. The fourth-order valence-electron chi connectivity index (χ4n) is 3.14. The molecule has 2 aromatic heterocycles. The molecule has 2 aliphatic rings. The van der Waals surface area contributed by atoms with Crippen molar-refractivity contribution in [1.82, 2.24) is 25.5 Å². The number of hydrogen-bond acceptors (Lipinski definition) is 7. The first-order valence-electron chi connectivity index (χ1n) is 8.46. The fourth-order valence-corrected chi connectivity index (χ4v) is 3.14. The topological polar surface area (TPSA) is 80.2 Å². The van der Waals surface area contributed by atoms with E-state index in [2.05, 4.69) is 25.5 Å². The third-order valence-corrected chi connectivity index (χ3v) is 4.53. The predicted molar refractivity (Wildman–Crippen MR) is 82.7 cm³/mol. The third-order valence-electron chi connectivity index (χ3n) is 4.53. The fraction of sp³-hybridized carbons (Fsp3) is 0.688. The number of nitrogens with one attached hydrogen (secondary N) is 1. The molecule has 7 nitrogen and oxygen atoms in total. The molecule has 0 radical (unpaired) electrons. The number of nitrogens with zero attached hydrogens (tertiary/aromatic N) is 4. The van der Waals surface area contributed by atoms with Crippen LogP contribution in [-0.2, 0) is 13.1 Å². The van der Waals surface area contributed by atoms with E-state index in [1.54, 1.807) is 0 Å². The average Bonchev–Trinajstić information content (AvgIpc) is 3.16. The zero-order valence-electron chi connectivity index (χ0n) is 13.5. The minimum atomic E-state index is 0.468. The SMILES string of the molecule is Cc1cc(CN[C@@H]2CCCN(Cc3noc(C4CC4)n3)C2)no1. The van der Waals surface area contributed by atoms with E-state index in [-0.39, 0.29) is 0 Å². The maximum atomic E-state index is 5.34. The molecule has 0 amide bonds. The number of rotatable bonds is 6. The molecule has 7 heteroatoms. The van der Waals surface area contributed by atoms with E-state index in [4.69, 9.17) is 9.05 Å². The van der Waals surface area contributed by atoms with Gasteiger partial charge in [0.1, 0.15) is 5.76 Å². The van der Waals surface area contributed by atoms with Crippen LogP contribution in [0.1, 0.15) is 54.8 Å². The maximum Gasteiger partial charge on any atom is 0.229 e. The van der Waals surface area contributed by atoms with Gasteiger partial charge in [0, 0.05) is 31.1 Å². The van der Waals surface area contributed by atoms with Crippen LogP contribution >= 0.6 is 0 Å². The molecule has 0 unspecified atom stereocenters. The summed E-state index contributed by atoms with van der Waals surface area (Å²) < 4.78 is 10.4. The van der Waals surface area contributed by atoms with Crippen molar-refractivity contribution in [3.8, 4) is 0 Å². The van der Waals surface area contributed by atoms with Gasteiger partial charge < -0.3 is 14.4 Å². The van der Waals surface area contributed by atoms with Crippen molar-refractivity contribution in [3.63, 3.8) is 0 Å². The van der Waals surface area contributed by atoms with E-state index in [0.717, 1.165) is 49.3 Å². The van der Waals surface area contributed by atoms with Crippen LogP contribution in [0.15, 0.2) is 15.1 Å². The van der Waals surface area contributed by atoms with Crippen LogP contribution in [0.3, 0.4) is 0 Å². The highest BCUT2D eigenvalue weighted by Gasteiger charge is 2.30. The molecular weight excluding hydrogens is 294 g/mol. The van der Waals surface area contributed by atoms with Crippen molar-refractivity contribution in [2.45, 2.75) is 57.7 Å². The molecule has 124 valence electrons. The predicted octanol–water partition coefficient (Wildman–Crippen LogP) is 2.00. The molecular formula is C16H23N5O2. The summed E-state index contributed by atoms with van der Waals surface area (Å²) >= 11 is 0. The molecule has 0 aromatic carbocycles. The minimum Gasteiger partial charge on any atom is -0.361 e. The molecule has 1 aliphatic heterocycles. The van der Waals surface area contributed by atoms with Crippen molar-refractivity contribution in [1.29, 1.82) is 0 Å². The largest absolute Gasteiger partial charge is 0.361 e. The summed E-state index contributed by atoms with van der Waals surface area (Å²) in [6.07, 6.45) is 4.76. The summed E-state index contributed by atoms with van der Waals surface area (Å²) in [5.41, 5.74) is 0.965. The highest BCUT2D eigenvalue weighted by atomic mass is 16.5. The molecule has 1 aliphatic carbocycles. The van der Waals surface area contributed by atoms with Crippen molar-refractivity contribution >= 4 is 0 Å². The Hall–Kier alpha value is -1.73. The molecule has 1 N–H and O–H groups in total. The maximum absolute atomic E-state index is 5.34. The van der Waals surface area contributed by atoms with Gasteiger partial charge in [-0.15, -0.1) is 0 Å². The second kappa shape index (κ2) is 6.41. The summed E-state index contributed by atoms with van der Waals surface area (Å²) in [6, 6.07) is 2.45. The van der Waals surface area contributed by atoms with Gasteiger partial charge in [-0.25, -0.2) is 0 Å². The Balaban J connectivity index is 1.27. The lowest BCUT2D eigenvalue weighted by molar-refractivity contribution is 0.176. The first kappa shape index (κ1) is 14.8. The van der Waals surface area contributed by atoms with Crippen LogP contribution in [0.5, 0.6) is 0 Å². The Bertz CT molecular complexity index is 648. The molecule has 1 saturated carbocycles. The average molecular weight is 317 g/mol. The number of aromatic nitrogens is 3. The summed E-state index contributed by atoms with van der Waals surface area (Å²) in [5.74, 6) is 3.03. The normalized spacial score (nSPS) is 22.6. The third kappa shape index (κ3) is 3.79. The van der Waals surface area contributed by atoms with Gasteiger partial charge in [-0.1, -0.05) is 10.3 Å². The Kier molecular flexibility index (Phi) is 4.13. The number of hydrogen-bond donors (Lipinski definition) is 1. The van der Waals surface area contributed by atoms with Crippen LogP contribution < -0.4 is 5.32 Å². The van der Waals surface area contributed by atoms with Crippen molar-refractivity contribution in [2.75, 3.05) is 13.1 Å². The molecule has 4 rings (SSSR count). The first-order valence-corrected chi connectivity index (χ1v) is 8.46. The van der Waals surface area contributed by atoms with Gasteiger partial charge in [0.15, 0.2) is 5.82 Å². The van der Waals surface area contributed by atoms with Gasteiger partial charge >= 0.3 is 0 Å². The standard InChI is InChI=1S/C16H23N5O2/c1-11-7-14(19-22-11)8-17-13-3-2-6-21(9-13)10-15-18-16(23-20-15)12-4-5-12/h7,12-13,17H,2-6,8-10H2,1H3/t13-/m1/s1. The van der Waals surface area contributed by atoms with Gasteiger partial charge in [0.25, 0.3) is 0 Å². The van der Waals surface area contributed by atoms with Gasteiger partial charge in [-0.2, -0.15) is 4.98 Å². The van der Waals surface area contributed by atoms with E-state index in [1.807, 2.05) is 13.0 Å². The zero-order chi connectivity index (χ0) is 15.6. The lowest BCUT2D eigenvalue weighted by Gasteiger charge is -2.32. The number of piperidine rings is 1. The molecule has 2 aromatic rings. The van der Waals surface area contributed by atoms with E-state index >= 15 is 0 Å². The van der Waals surface area contributed by atoms with Crippen LogP contribution in [0.25, 0.3) is 0 Å². The van der Waals surface area contributed by atoms with Crippen molar-refractivity contribution in [3.05, 3.63) is 29.2 Å². The van der Waals surface area contributed by atoms with Gasteiger partial charge in [-0.05, 0) is 39.2 Å². The van der Waals surface area contributed by atoms with E-state index in [9.17, 15) is 0 Å². The minimum absolute atomic E-state index is 0.468. The lowest BCUT2D eigenvalue weighted by Crippen LogP contribution is -2.45. The smallest absolute Gasteiger partial charge is 0.229 e. The monoisotopic (exact) mass is 317 g/mol. The summed E-state index contributed by atoms with van der Waals surface area (Å²) in [6.45, 7) is 5.54. The number of aryl methyl sites for hydroxylation is 1. The Morgan fingerprint density at radius 3 is 2.96 bits per heavy atom. The molecule has 2 fully saturated rings. The van der Waals surface area contributed by atoms with Crippen LogP contribution in [0.2, 0.25) is 0 Å². The Labute approximate surface area is 135 Å². The van der Waals surface area contributed by atoms with Crippen molar-refractivity contribution in [2.24, 2.45) is 0 Å². The lowest BCUT2D eigenvalue weighted by atomic mass is 10.1. The van der Waals surface area contributed by atoms with Gasteiger partial charge in [0.05, 0.1) is 12.2 Å². The van der Waals surface area contributed by atoms with Crippen LogP contribution in [0, 0.1) is 6.92 Å². The quantitative estimate of drug-likeness (QED) is 0.872. The highest BCUT2D eigenvalue weighted by Crippen LogP contribution is 2.38. The van der Waals surface area contributed by atoms with E-state index in [1.165, 1.54) is 25.7 Å². The second-order valence-electron chi connectivity index (χ2n) is 6.71. The van der Waals surface area contributed by atoms with E-state index < -0.39 is 0 Å². The molecule has 1 saturated heterocycles. The molecule has 1 atom stereocenters. The number of likely N-dealkylation sites (tertiary alicyclic amines) is 1. The van der Waals surface area contributed by atoms with Crippen LogP contribution in [-0.4, -0.2) is 39.3 Å².